The molecule has 0 unspecified atom stereocenters. The largest absolute Gasteiger partial charge is 0.751 e. The molecule has 0 bridgehead atoms. The van der Waals surface area contributed by atoms with Crippen LogP contribution in [0, 0.1) is 0 Å². The van der Waals surface area contributed by atoms with Crippen LogP contribution in [0.5, 0.6) is 0 Å². The smallest absolute Gasteiger partial charge is 0.448 e. The van der Waals surface area contributed by atoms with E-state index >= 15 is 0 Å². The van der Waals surface area contributed by atoms with Gasteiger partial charge in [0.25, 0.3) is 0 Å². The second-order valence-electron chi connectivity index (χ2n) is 4.87. The van der Waals surface area contributed by atoms with Gasteiger partial charge < -0.3 is 22.1 Å². The monoisotopic (exact) mass is 350 g/mol. The highest BCUT2D eigenvalue weighted by atomic mass is 28.4. The Bertz CT molecular complexity index is 345. The number of rotatable bonds is 9. The molecule has 0 rings (SSSR count). The SMILES string of the molecule is C=C(CCC)C(=O)O[Si](OC)(OC)OC.C=C[Si](C)(C)OC. The maximum absolute atomic E-state index is 11.5. The van der Waals surface area contributed by atoms with E-state index in [1.807, 2.05) is 12.6 Å². The fourth-order valence-corrected chi connectivity index (χ4v) is 2.34. The second-order valence-corrected chi connectivity index (χ2v) is 11.3. The van der Waals surface area contributed by atoms with E-state index in [1.165, 1.54) is 21.3 Å². The summed E-state index contributed by atoms with van der Waals surface area (Å²) in [5, 5.41) is 0. The minimum Gasteiger partial charge on any atom is -0.448 e. The Morgan fingerprint density at radius 3 is 1.73 bits per heavy atom. The van der Waals surface area contributed by atoms with Crippen molar-refractivity contribution >= 4 is 23.3 Å². The van der Waals surface area contributed by atoms with Gasteiger partial charge in [0.15, 0.2) is 0 Å². The lowest BCUT2D eigenvalue weighted by Crippen LogP contribution is -2.48. The van der Waals surface area contributed by atoms with Crippen LogP contribution in [0.25, 0.3) is 0 Å². The fourth-order valence-electron chi connectivity index (χ4n) is 1.05. The molecule has 0 radical (unpaired) electrons. The Hall–Kier alpha value is -0.776. The Morgan fingerprint density at radius 1 is 1.05 bits per heavy atom. The fraction of sp³-hybridized carbons (Fsp3) is 0.643. The van der Waals surface area contributed by atoms with E-state index in [1.54, 1.807) is 7.11 Å². The molecule has 0 aliphatic heterocycles. The summed E-state index contributed by atoms with van der Waals surface area (Å²) in [5.41, 5.74) is 2.30. The molecule has 0 spiro atoms. The molecule has 0 aromatic heterocycles. The molecule has 130 valence electrons. The zero-order chi connectivity index (χ0) is 17.8. The molecule has 8 heteroatoms. The molecule has 0 N–H and O–H groups in total. The molecule has 0 amide bonds. The molecule has 0 atom stereocenters. The summed E-state index contributed by atoms with van der Waals surface area (Å²) in [6.45, 7) is 13.4. The van der Waals surface area contributed by atoms with E-state index < -0.39 is 23.3 Å². The van der Waals surface area contributed by atoms with Gasteiger partial charge in [-0.05, 0) is 19.5 Å². The van der Waals surface area contributed by atoms with Gasteiger partial charge in [-0.3, -0.25) is 0 Å². The van der Waals surface area contributed by atoms with Gasteiger partial charge in [0.1, 0.15) is 0 Å². The van der Waals surface area contributed by atoms with Crippen molar-refractivity contribution in [2.45, 2.75) is 32.9 Å². The highest BCUT2D eigenvalue weighted by molar-refractivity contribution is 6.76. The van der Waals surface area contributed by atoms with Gasteiger partial charge in [0.2, 0.25) is 8.32 Å². The lowest BCUT2D eigenvalue weighted by molar-refractivity contribution is -0.138. The molecule has 0 aromatic rings. The highest BCUT2D eigenvalue weighted by Gasteiger charge is 2.47. The van der Waals surface area contributed by atoms with Gasteiger partial charge in [0.05, 0.1) is 0 Å². The van der Waals surface area contributed by atoms with Gasteiger partial charge in [0, 0.05) is 34.0 Å². The standard InChI is InChI=1S/C9H18O5Si.C5H12OSi/c1-6-7-8(2)9(10)14-15(11-3,12-4)13-5;1-5-7(3,4)6-2/h2,6-7H2,1,3-5H3;5H,1H2,2-4H3. The predicted molar refractivity (Wildman–Crippen MR) is 91.6 cm³/mol. The van der Waals surface area contributed by atoms with Crippen LogP contribution in [-0.4, -0.2) is 51.8 Å². The minimum atomic E-state index is -3.28. The summed E-state index contributed by atoms with van der Waals surface area (Å²) in [7, 11) is 1.17. The summed E-state index contributed by atoms with van der Waals surface area (Å²) >= 11 is 0. The van der Waals surface area contributed by atoms with Crippen molar-refractivity contribution in [2.24, 2.45) is 0 Å². The molecule has 6 nitrogen and oxygen atoms in total. The topological polar surface area (TPSA) is 63.2 Å². The van der Waals surface area contributed by atoms with Crippen LogP contribution in [0.3, 0.4) is 0 Å². The molecule has 0 fully saturated rings. The Labute approximate surface area is 136 Å². The van der Waals surface area contributed by atoms with E-state index in [9.17, 15) is 4.79 Å². The summed E-state index contributed by atoms with van der Waals surface area (Å²) in [6.07, 6.45) is 1.41. The normalized spacial score (nSPS) is 11.2. The van der Waals surface area contributed by atoms with Gasteiger partial charge in [-0.15, -0.1) is 6.58 Å². The van der Waals surface area contributed by atoms with E-state index in [4.69, 9.17) is 22.1 Å². The molecule has 0 heterocycles. The van der Waals surface area contributed by atoms with Crippen LogP contribution in [-0.2, 0) is 26.9 Å². The summed E-state index contributed by atoms with van der Waals surface area (Å²) < 4.78 is 25.0. The number of carbonyl (C=O) groups is 1. The molecule has 0 aromatic carbocycles. The minimum absolute atomic E-state index is 0.389. The van der Waals surface area contributed by atoms with Crippen LogP contribution in [0.4, 0.5) is 0 Å². The summed E-state index contributed by atoms with van der Waals surface area (Å²) in [6, 6.07) is 0. The van der Waals surface area contributed by atoms with Crippen molar-refractivity contribution in [2.75, 3.05) is 28.4 Å². The predicted octanol–water partition coefficient (Wildman–Crippen LogP) is 2.82. The molecular weight excluding hydrogens is 320 g/mol. The summed E-state index contributed by atoms with van der Waals surface area (Å²) in [4.78, 5) is 11.5. The zero-order valence-corrected chi connectivity index (χ0v) is 16.9. The number of carbonyl (C=O) groups excluding carboxylic acids is 1. The molecular formula is C14H30O6Si2. The third kappa shape index (κ3) is 9.28. The first-order valence-electron chi connectivity index (χ1n) is 6.92. The Morgan fingerprint density at radius 2 is 1.50 bits per heavy atom. The van der Waals surface area contributed by atoms with Gasteiger partial charge in [-0.2, -0.15) is 0 Å². The van der Waals surface area contributed by atoms with E-state index in [-0.39, 0.29) is 0 Å². The lowest BCUT2D eigenvalue weighted by Gasteiger charge is -2.22. The number of hydrogen-bond donors (Lipinski definition) is 0. The third-order valence-electron chi connectivity index (χ3n) is 2.83. The molecule has 0 aliphatic carbocycles. The van der Waals surface area contributed by atoms with Crippen molar-refractivity contribution in [1.82, 2.24) is 0 Å². The first kappa shape index (κ1) is 23.5. The van der Waals surface area contributed by atoms with Crippen LogP contribution in [0.1, 0.15) is 19.8 Å². The maximum Gasteiger partial charge on any atom is 0.751 e. The van der Waals surface area contributed by atoms with Crippen LogP contribution >= 0.6 is 0 Å². The molecule has 0 aliphatic rings. The lowest BCUT2D eigenvalue weighted by atomic mass is 10.2. The van der Waals surface area contributed by atoms with Crippen LogP contribution in [0.15, 0.2) is 24.4 Å². The van der Waals surface area contributed by atoms with Crippen molar-refractivity contribution < 1.29 is 26.9 Å². The Balaban J connectivity index is 0. The third-order valence-corrected chi connectivity index (χ3v) is 6.80. The summed E-state index contributed by atoms with van der Waals surface area (Å²) in [5.74, 6) is -0.533. The maximum atomic E-state index is 11.5. The molecule has 0 saturated heterocycles. The zero-order valence-electron chi connectivity index (χ0n) is 14.9. The van der Waals surface area contributed by atoms with E-state index in [0.717, 1.165) is 6.42 Å². The first-order valence-corrected chi connectivity index (χ1v) is 11.5. The van der Waals surface area contributed by atoms with E-state index in [0.29, 0.717) is 12.0 Å². The van der Waals surface area contributed by atoms with Crippen molar-refractivity contribution in [3.8, 4) is 0 Å². The van der Waals surface area contributed by atoms with Crippen molar-refractivity contribution in [1.29, 1.82) is 0 Å². The first-order chi connectivity index (χ1) is 10.2. The average molecular weight is 351 g/mol. The van der Waals surface area contributed by atoms with Gasteiger partial charge in [-0.25, -0.2) is 4.79 Å². The molecule has 0 saturated carbocycles. The highest BCUT2D eigenvalue weighted by Crippen LogP contribution is 2.13. The number of hydrogen-bond acceptors (Lipinski definition) is 6. The van der Waals surface area contributed by atoms with E-state index in [2.05, 4.69) is 26.3 Å². The second kappa shape index (κ2) is 11.7. The quantitative estimate of drug-likeness (QED) is 0.471. The van der Waals surface area contributed by atoms with Crippen LogP contribution < -0.4 is 0 Å². The molecule has 22 heavy (non-hydrogen) atoms. The van der Waals surface area contributed by atoms with Gasteiger partial charge in [-0.1, -0.05) is 25.6 Å². The van der Waals surface area contributed by atoms with Crippen LogP contribution in [0.2, 0.25) is 13.1 Å². The van der Waals surface area contributed by atoms with Crippen molar-refractivity contribution in [3.05, 3.63) is 24.4 Å². The van der Waals surface area contributed by atoms with Gasteiger partial charge >= 0.3 is 15.0 Å². The average Bonchev–Trinajstić information content (AvgIpc) is 2.53. The van der Waals surface area contributed by atoms with Crippen molar-refractivity contribution in [3.63, 3.8) is 0 Å². The Kier molecular flexibility index (Phi) is 12.5.